The number of rotatable bonds is 7. The Morgan fingerprint density at radius 1 is 1.05 bits per heavy atom. The van der Waals surface area contributed by atoms with Gasteiger partial charge in [-0.05, 0) is 49.1 Å². The van der Waals surface area contributed by atoms with E-state index in [-0.39, 0.29) is 12.7 Å². The van der Waals surface area contributed by atoms with Crippen LogP contribution in [0.4, 0.5) is 5.69 Å². The molecule has 22 heavy (non-hydrogen) atoms. The zero-order chi connectivity index (χ0) is 15.9. The summed E-state index contributed by atoms with van der Waals surface area (Å²) < 4.78 is 5.70. The second-order valence-electron chi connectivity index (χ2n) is 5.78. The Kier molecular flexibility index (Phi) is 5.99. The summed E-state index contributed by atoms with van der Waals surface area (Å²) in [6.45, 7) is 7.72. The SMILES string of the molecule is Cc1c(COC(C)C)cccc1NCc1ccc(CO)cc1. The van der Waals surface area contributed by atoms with Gasteiger partial charge < -0.3 is 15.2 Å². The third kappa shape index (κ3) is 4.58. The molecule has 0 heterocycles. The number of aliphatic hydroxyl groups excluding tert-OH is 1. The number of hydrogen-bond acceptors (Lipinski definition) is 3. The molecule has 0 aliphatic carbocycles. The summed E-state index contributed by atoms with van der Waals surface area (Å²) in [4.78, 5) is 0. The minimum atomic E-state index is 0.0880. The van der Waals surface area contributed by atoms with E-state index >= 15 is 0 Å². The number of aliphatic hydroxyl groups is 1. The van der Waals surface area contributed by atoms with Crippen LogP contribution in [0.25, 0.3) is 0 Å². The van der Waals surface area contributed by atoms with Crippen molar-refractivity contribution < 1.29 is 9.84 Å². The molecular formula is C19H25NO2. The van der Waals surface area contributed by atoms with Crippen molar-refractivity contribution in [3.8, 4) is 0 Å². The van der Waals surface area contributed by atoms with Gasteiger partial charge >= 0.3 is 0 Å². The van der Waals surface area contributed by atoms with Crippen molar-refractivity contribution in [3.05, 3.63) is 64.7 Å². The molecule has 0 saturated carbocycles. The predicted octanol–water partition coefficient (Wildman–Crippen LogP) is 4.02. The van der Waals surface area contributed by atoms with Crippen molar-refractivity contribution in [2.45, 2.75) is 46.6 Å². The average Bonchev–Trinajstić information content (AvgIpc) is 2.53. The molecule has 2 N–H and O–H groups in total. The topological polar surface area (TPSA) is 41.5 Å². The predicted molar refractivity (Wildman–Crippen MR) is 90.8 cm³/mol. The first kappa shape index (κ1) is 16.5. The molecule has 2 rings (SSSR count). The summed E-state index contributed by atoms with van der Waals surface area (Å²) in [5, 5.41) is 12.5. The minimum Gasteiger partial charge on any atom is -0.392 e. The molecule has 0 bridgehead atoms. The molecule has 0 atom stereocenters. The van der Waals surface area contributed by atoms with E-state index in [2.05, 4.69) is 30.4 Å². The fraction of sp³-hybridized carbons (Fsp3) is 0.368. The number of anilines is 1. The van der Waals surface area contributed by atoms with Gasteiger partial charge in [-0.2, -0.15) is 0 Å². The van der Waals surface area contributed by atoms with Crippen LogP contribution in [0.5, 0.6) is 0 Å². The molecule has 0 aliphatic rings. The minimum absolute atomic E-state index is 0.0880. The molecular weight excluding hydrogens is 274 g/mol. The maximum Gasteiger partial charge on any atom is 0.0723 e. The number of ether oxygens (including phenoxy) is 1. The van der Waals surface area contributed by atoms with E-state index in [1.165, 1.54) is 16.7 Å². The first-order chi connectivity index (χ1) is 10.6. The number of nitrogens with one attached hydrogen (secondary N) is 1. The van der Waals surface area contributed by atoms with Crippen LogP contribution in [-0.4, -0.2) is 11.2 Å². The first-order valence-corrected chi connectivity index (χ1v) is 7.72. The lowest BCUT2D eigenvalue weighted by Gasteiger charge is -2.15. The maximum absolute atomic E-state index is 9.07. The molecule has 0 saturated heterocycles. The standard InChI is InChI=1S/C19H25NO2/c1-14(2)22-13-18-5-4-6-19(15(18)3)20-11-16-7-9-17(12-21)10-8-16/h4-10,14,20-21H,11-13H2,1-3H3. The van der Waals surface area contributed by atoms with Gasteiger partial charge in [0.15, 0.2) is 0 Å². The van der Waals surface area contributed by atoms with E-state index in [9.17, 15) is 0 Å². The van der Waals surface area contributed by atoms with Crippen molar-refractivity contribution in [2.24, 2.45) is 0 Å². The molecule has 118 valence electrons. The fourth-order valence-corrected chi connectivity index (χ4v) is 2.25. The summed E-state index contributed by atoms with van der Waals surface area (Å²) in [7, 11) is 0. The smallest absolute Gasteiger partial charge is 0.0723 e. The normalized spacial score (nSPS) is 11.0. The van der Waals surface area contributed by atoms with Crippen molar-refractivity contribution >= 4 is 5.69 Å². The molecule has 0 aliphatic heterocycles. The Morgan fingerprint density at radius 3 is 2.36 bits per heavy atom. The largest absolute Gasteiger partial charge is 0.392 e. The lowest BCUT2D eigenvalue weighted by Crippen LogP contribution is -2.06. The van der Waals surface area contributed by atoms with E-state index in [0.29, 0.717) is 6.61 Å². The van der Waals surface area contributed by atoms with Crippen molar-refractivity contribution in [1.82, 2.24) is 0 Å². The van der Waals surface area contributed by atoms with E-state index in [4.69, 9.17) is 9.84 Å². The summed E-state index contributed by atoms with van der Waals surface area (Å²) in [5.41, 5.74) is 5.72. The number of hydrogen-bond donors (Lipinski definition) is 2. The highest BCUT2D eigenvalue weighted by atomic mass is 16.5. The van der Waals surface area contributed by atoms with Crippen molar-refractivity contribution in [1.29, 1.82) is 0 Å². The highest BCUT2D eigenvalue weighted by molar-refractivity contribution is 5.54. The lowest BCUT2D eigenvalue weighted by molar-refractivity contribution is 0.0654. The molecule has 3 nitrogen and oxygen atoms in total. The third-order valence-corrected chi connectivity index (χ3v) is 3.71. The molecule has 2 aromatic carbocycles. The molecule has 0 radical (unpaired) electrons. The van der Waals surface area contributed by atoms with Crippen LogP contribution < -0.4 is 5.32 Å². The Bertz CT molecular complexity index is 591. The van der Waals surface area contributed by atoms with Gasteiger partial charge in [-0.1, -0.05) is 36.4 Å². The van der Waals surface area contributed by atoms with Crippen LogP contribution in [0.15, 0.2) is 42.5 Å². The average molecular weight is 299 g/mol. The summed E-state index contributed by atoms with van der Waals surface area (Å²) >= 11 is 0. The lowest BCUT2D eigenvalue weighted by atomic mass is 10.1. The Labute approximate surface area is 133 Å². The molecule has 0 spiro atoms. The van der Waals surface area contributed by atoms with E-state index in [1.54, 1.807) is 0 Å². The van der Waals surface area contributed by atoms with Gasteiger partial charge in [-0.25, -0.2) is 0 Å². The second-order valence-corrected chi connectivity index (χ2v) is 5.78. The maximum atomic E-state index is 9.07. The highest BCUT2D eigenvalue weighted by Gasteiger charge is 2.05. The molecule has 0 unspecified atom stereocenters. The van der Waals surface area contributed by atoms with Gasteiger partial charge in [0.2, 0.25) is 0 Å². The quantitative estimate of drug-likeness (QED) is 0.811. The summed E-state index contributed by atoms with van der Waals surface area (Å²) in [6, 6.07) is 14.3. The third-order valence-electron chi connectivity index (χ3n) is 3.71. The zero-order valence-electron chi connectivity index (χ0n) is 13.6. The molecule has 3 heteroatoms. The molecule has 0 amide bonds. The molecule has 0 aromatic heterocycles. The van der Waals surface area contributed by atoms with Crippen LogP contribution in [0.2, 0.25) is 0 Å². The second kappa shape index (κ2) is 7.97. The fourth-order valence-electron chi connectivity index (χ4n) is 2.25. The van der Waals surface area contributed by atoms with Crippen LogP contribution in [0.3, 0.4) is 0 Å². The van der Waals surface area contributed by atoms with Gasteiger partial charge in [0.1, 0.15) is 0 Å². The van der Waals surface area contributed by atoms with E-state index < -0.39 is 0 Å². The van der Waals surface area contributed by atoms with Crippen LogP contribution in [0.1, 0.15) is 36.1 Å². The zero-order valence-corrected chi connectivity index (χ0v) is 13.6. The van der Waals surface area contributed by atoms with Gasteiger partial charge in [-0.3, -0.25) is 0 Å². The van der Waals surface area contributed by atoms with Crippen molar-refractivity contribution in [3.63, 3.8) is 0 Å². The molecule has 2 aromatic rings. The first-order valence-electron chi connectivity index (χ1n) is 7.72. The highest BCUT2D eigenvalue weighted by Crippen LogP contribution is 2.21. The van der Waals surface area contributed by atoms with Crippen LogP contribution in [-0.2, 0) is 24.5 Å². The monoisotopic (exact) mass is 299 g/mol. The van der Waals surface area contributed by atoms with Gasteiger partial charge in [0, 0.05) is 12.2 Å². The van der Waals surface area contributed by atoms with Gasteiger partial charge in [0.05, 0.1) is 19.3 Å². The number of benzene rings is 2. The van der Waals surface area contributed by atoms with Crippen molar-refractivity contribution in [2.75, 3.05) is 5.32 Å². The molecule has 0 fully saturated rings. The Morgan fingerprint density at radius 2 is 1.73 bits per heavy atom. The van der Waals surface area contributed by atoms with Gasteiger partial charge in [-0.15, -0.1) is 0 Å². The van der Waals surface area contributed by atoms with Gasteiger partial charge in [0.25, 0.3) is 0 Å². The van der Waals surface area contributed by atoms with E-state index in [0.717, 1.165) is 17.8 Å². The summed E-state index contributed by atoms with van der Waals surface area (Å²) in [5.74, 6) is 0. The summed E-state index contributed by atoms with van der Waals surface area (Å²) in [6.07, 6.45) is 0.237. The van der Waals surface area contributed by atoms with Crippen LogP contribution in [0, 0.1) is 6.92 Å². The Balaban J connectivity index is 2.01. The van der Waals surface area contributed by atoms with E-state index in [1.807, 2.05) is 38.1 Å². The van der Waals surface area contributed by atoms with Crippen LogP contribution >= 0.6 is 0 Å². The Hall–Kier alpha value is -1.84.